The molecular formula is C8H6F4O4S. The smallest absolute Gasteiger partial charge is 0.361 e. The standard InChI is InChI=1S/C8H6F4O4S/c9-6-2-1-3-7(16-17(13,14)15)5(6)4-8(10,11)12/h1-3H,4H2,(H,13,14,15). The third kappa shape index (κ3) is 4.57. The van der Waals surface area contributed by atoms with Crippen molar-refractivity contribution in [3.63, 3.8) is 0 Å². The monoisotopic (exact) mass is 274 g/mol. The van der Waals surface area contributed by atoms with Crippen molar-refractivity contribution in [1.82, 2.24) is 0 Å². The molecule has 0 aliphatic carbocycles. The van der Waals surface area contributed by atoms with Crippen molar-refractivity contribution in [2.75, 3.05) is 0 Å². The topological polar surface area (TPSA) is 63.6 Å². The van der Waals surface area contributed by atoms with Crippen molar-refractivity contribution >= 4 is 10.4 Å². The summed E-state index contributed by atoms with van der Waals surface area (Å²) in [6.07, 6.45) is -6.44. The molecule has 0 aromatic heterocycles. The van der Waals surface area contributed by atoms with Crippen molar-refractivity contribution in [3.8, 4) is 5.75 Å². The van der Waals surface area contributed by atoms with Gasteiger partial charge in [0.05, 0.1) is 6.42 Å². The maximum atomic E-state index is 13.1. The Hall–Kier alpha value is -1.35. The Labute approximate surface area is 93.8 Å². The molecule has 0 atom stereocenters. The molecule has 0 spiro atoms. The van der Waals surface area contributed by atoms with Crippen LogP contribution in [0, 0.1) is 5.82 Å². The summed E-state index contributed by atoms with van der Waals surface area (Å²) in [6, 6.07) is 2.48. The lowest BCUT2D eigenvalue weighted by molar-refractivity contribution is -0.127. The van der Waals surface area contributed by atoms with Crippen LogP contribution in [0.5, 0.6) is 5.75 Å². The summed E-state index contributed by atoms with van der Waals surface area (Å²) in [5, 5.41) is 0. The highest BCUT2D eigenvalue weighted by atomic mass is 32.3. The minimum Gasteiger partial charge on any atom is -0.361 e. The first kappa shape index (κ1) is 13.7. The molecule has 0 saturated heterocycles. The number of benzene rings is 1. The van der Waals surface area contributed by atoms with Crippen LogP contribution < -0.4 is 4.18 Å². The van der Waals surface area contributed by atoms with E-state index >= 15 is 0 Å². The van der Waals surface area contributed by atoms with Crippen LogP contribution in [0.3, 0.4) is 0 Å². The number of rotatable bonds is 3. The van der Waals surface area contributed by atoms with Crippen LogP contribution in [0.25, 0.3) is 0 Å². The molecule has 0 amide bonds. The van der Waals surface area contributed by atoms with Crippen molar-refractivity contribution in [1.29, 1.82) is 0 Å². The number of hydrogen-bond acceptors (Lipinski definition) is 3. The number of alkyl halides is 3. The van der Waals surface area contributed by atoms with E-state index in [4.69, 9.17) is 4.55 Å². The highest BCUT2D eigenvalue weighted by Gasteiger charge is 2.31. The van der Waals surface area contributed by atoms with Crippen molar-refractivity contribution in [3.05, 3.63) is 29.6 Å². The molecule has 96 valence electrons. The zero-order valence-electron chi connectivity index (χ0n) is 8.03. The normalized spacial score (nSPS) is 12.5. The van der Waals surface area contributed by atoms with E-state index in [1.54, 1.807) is 0 Å². The van der Waals surface area contributed by atoms with Crippen LogP contribution >= 0.6 is 0 Å². The molecule has 1 rings (SSSR count). The fourth-order valence-electron chi connectivity index (χ4n) is 1.10. The van der Waals surface area contributed by atoms with E-state index in [0.29, 0.717) is 0 Å². The molecule has 17 heavy (non-hydrogen) atoms. The van der Waals surface area contributed by atoms with Crippen LogP contribution in [-0.2, 0) is 16.8 Å². The van der Waals surface area contributed by atoms with E-state index in [9.17, 15) is 26.0 Å². The van der Waals surface area contributed by atoms with Gasteiger partial charge in [0.2, 0.25) is 0 Å². The number of halogens is 4. The van der Waals surface area contributed by atoms with Crippen molar-refractivity contribution < 1.29 is 34.7 Å². The first-order chi connectivity index (χ1) is 7.58. The molecule has 1 N–H and O–H groups in total. The molecule has 1 aromatic rings. The Balaban J connectivity index is 3.18. The quantitative estimate of drug-likeness (QED) is 0.677. The lowest BCUT2D eigenvalue weighted by Crippen LogP contribution is -2.16. The summed E-state index contributed by atoms with van der Waals surface area (Å²) < 4.78 is 82.3. The summed E-state index contributed by atoms with van der Waals surface area (Å²) in [5.74, 6) is -2.17. The average molecular weight is 274 g/mol. The van der Waals surface area contributed by atoms with E-state index in [2.05, 4.69) is 4.18 Å². The zero-order valence-corrected chi connectivity index (χ0v) is 8.85. The molecule has 0 aliphatic heterocycles. The van der Waals surface area contributed by atoms with Gasteiger partial charge in [-0.05, 0) is 12.1 Å². The van der Waals surface area contributed by atoms with Gasteiger partial charge < -0.3 is 4.18 Å². The van der Waals surface area contributed by atoms with Gasteiger partial charge in [-0.3, -0.25) is 4.55 Å². The third-order valence-corrected chi connectivity index (χ3v) is 2.04. The fraction of sp³-hybridized carbons (Fsp3) is 0.250. The Kier molecular flexibility index (Phi) is 3.62. The molecule has 0 bridgehead atoms. The molecule has 1 aromatic carbocycles. The summed E-state index contributed by atoms with van der Waals surface area (Å²) in [5.41, 5.74) is -0.988. The van der Waals surface area contributed by atoms with Gasteiger partial charge in [-0.1, -0.05) is 6.07 Å². The van der Waals surface area contributed by atoms with Crippen LogP contribution in [0.4, 0.5) is 17.6 Å². The van der Waals surface area contributed by atoms with Gasteiger partial charge in [-0.15, -0.1) is 0 Å². The maximum Gasteiger partial charge on any atom is 0.446 e. The van der Waals surface area contributed by atoms with Gasteiger partial charge >= 0.3 is 16.6 Å². The molecule has 0 radical (unpaired) electrons. The van der Waals surface area contributed by atoms with Crippen LogP contribution in [-0.4, -0.2) is 19.1 Å². The first-order valence-electron chi connectivity index (χ1n) is 4.09. The van der Waals surface area contributed by atoms with Gasteiger partial charge in [0.15, 0.2) is 5.75 Å². The summed E-state index contributed by atoms with van der Waals surface area (Å²) >= 11 is 0. The van der Waals surface area contributed by atoms with Gasteiger partial charge in [-0.25, -0.2) is 4.39 Å². The zero-order chi connectivity index (χ0) is 13.3. The second-order valence-corrected chi connectivity index (χ2v) is 4.04. The van der Waals surface area contributed by atoms with Gasteiger partial charge in [0.25, 0.3) is 0 Å². The molecule has 4 nitrogen and oxygen atoms in total. The first-order valence-corrected chi connectivity index (χ1v) is 5.46. The minimum atomic E-state index is -5.01. The Bertz CT molecular complexity index is 509. The van der Waals surface area contributed by atoms with E-state index < -0.39 is 40.1 Å². The average Bonchev–Trinajstić information content (AvgIpc) is 2.07. The summed E-state index contributed by atoms with van der Waals surface area (Å²) in [4.78, 5) is 0. The molecule has 9 heteroatoms. The van der Waals surface area contributed by atoms with Gasteiger partial charge in [0, 0.05) is 5.56 Å². The highest BCUT2D eigenvalue weighted by Crippen LogP contribution is 2.30. The lowest BCUT2D eigenvalue weighted by Gasteiger charge is -2.11. The predicted octanol–water partition coefficient (Wildman–Crippen LogP) is 2.11. The fourth-order valence-corrected chi connectivity index (χ4v) is 1.49. The predicted molar refractivity (Wildman–Crippen MR) is 48.3 cm³/mol. The largest absolute Gasteiger partial charge is 0.446 e. The second-order valence-electron chi connectivity index (χ2n) is 3.02. The van der Waals surface area contributed by atoms with Crippen LogP contribution in [0.1, 0.15) is 5.56 Å². The van der Waals surface area contributed by atoms with Crippen LogP contribution in [0.2, 0.25) is 0 Å². The van der Waals surface area contributed by atoms with E-state index in [1.165, 1.54) is 0 Å². The second kappa shape index (κ2) is 4.49. The molecule has 0 saturated carbocycles. The Morgan fingerprint density at radius 3 is 2.35 bits per heavy atom. The van der Waals surface area contributed by atoms with Crippen molar-refractivity contribution in [2.24, 2.45) is 0 Å². The molecule has 0 heterocycles. The van der Waals surface area contributed by atoms with E-state index in [0.717, 1.165) is 18.2 Å². The molecule has 0 fully saturated rings. The third-order valence-electron chi connectivity index (χ3n) is 1.65. The molecule has 0 aliphatic rings. The Morgan fingerprint density at radius 2 is 1.88 bits per heavy atom. The van der Waals surface area contributed by atoms with Crippen LogP contribution in [0.15, 0.2) is 18.2 Å². The lowest BCUT2D eigenvalue weighted by atomic mass is 10.1. The number of hydrogen-bond donors (Lipinski definition) is 1. The van der Waals surface area contributed by atoms with Crippen molar-refractivity contribution in [2.45, 2.75) is 12.6 Å². The van der Waals surface area contributed by atoms with E-state index in [1.807, 2.05) is 0 Å². The van der Waals surface area contributed by atoms with Gasteiger partial charge in [-0.2, -0.15) is 21.6 Å². The molecule has 0 unspecified atom stereocenters. The molecular weight excluding hydrogens is 268 g/mol. The minimum absolute atomic E-state index is 0.720. The highest BCUT2D eigenvalue weighted by molar-refractivity contribution is 7.81. The SMILES string of the molecule is O=S(=O)(O)Oc1cccc(F)c1CC(F)(F)F. The summed E-state index contributed by atoms with van der Waals surface area (Å²) in [7, 11) is -5.01. The van der Waals surface area contributed by atoms with Gasteiger partial charge in [0.1, 0.15) is 5.82 Å². The van der Waals surface area contributed by atoms with E-state index in [-0.39, 0.29) is 0 Å². The summed E-state index contributed by atoms with van der Waals surface area (Å²) in [6.45, 7) is 0. The maximum absolute atomic E-state index is 13.1. The Morgan fingerprint density at radius 1 is 1.29 bits per heavy atom.